The fraction of sp³-hybridized carbons (Fsp3) is 0.316. The van der Waals surface area contributed by atoms with Crippen LogP contribution < -0.4 is 10.1 Å². The van der Waals surface area contributed by atoms with E-state index in [0.29, 0.717) is 12.3 Å². The lowest BCUT2D eigenvalue weighted by atomic mass is 9.94. The zero-order valence-electron chi connectivity index (χ0n) is 14.2. The van der Waals surface area contributed by atoms with Gasteiger partial charge in [-0.25, -0.2) is 0 Å². The summed E-state index contributed by atoms with van der Waals surface area (Å²) >= 11 is 0. The Kier molecular flexibility index (Phi) is 6.07. The number of benzene rings is 2. The number of hydrogen-bond donors (Lipinski definition) is 2. The molecule has 0 saturated heterocycles. The van der Waals surface area contributed by atoms with E-state index in [-0.39, 0.29) is 17.8 Å². The maximum absolute atomic E-state index is 12.2. The highest BCUT2D eigenvalue weighted by Crippen LogP contribution is 2.32. The van der Waals surface area contributed by atoms with E-state index < -0.39 is 5.92 Å². The van der Waals surface area contributed by atoms with Crippen molar-refractivity contribution in [2.45, 2.75) is 19.9 Å². The summed E-state index contributed by atoms with van der Waals surface area (Å²) in [7, 11) is 1.61. The predicted octanol–water partition coefficient (Wildman–Crippen LogP) is 3.75. The topological polar surface area (TPSA) is 67.8 Å². The molecule has 2 atom stereocenters. The lowest BCUT2D eigenvalue weighted by molar-refractivity contribution is -0.147. The van der Waals surface area contributed by atoms with Crippen LogP contribution >= 0.6 is 0 Å². The number of nitrogens with one attached hydrogen (secondary N) is 1. The van der Waals surface area contributed by atoms with E-state index in [2.05, 4.69) is 5.32 Å². The summed E-state index contributed by atoms with van der Waals surface area (Å²) in [6.07, 6.45) is 0. The third kappa shape index (κ3) is 4.19. The van der Waals surface area contributed by atoms with Crippen LogP contribution in [0.15, 0.2) is 48.5 Å². The number of para-hydroxylation sites is 2. The molecule has 0 amide bonds. The molecule has 0 unspecified atom stereocenters. The van der Waals surface area contributed by atoms with Crippen molar-refractivity contribution >= 4 is 11.7 Å². The number of methoxy groups -OCH3 is 1. The molecule has 2 aromatic rings. The van der Waals surface area contributed by atoms with Crippen LogP contribution in [0.2, 0.25) is 0 Å². The van der Waals surface area contributed by atoms with E-state index in [9.17, 15) is 9.90 Å². The Morgan fingerprint density at radius 1 is 1.17 bits per heavy atom. The van der Waals surface area contributed by atoms with E-state index in [4.69, 9.17) is 9.47 Å². The van der Waals surface area contributed by atoms with Crippen LogP contribution in [0.1, 0.15) is 25.5 Å². The highest BCUT2D eigenvalue weighted by Gasteiger charge is 2.27. The maximum Gasteiger partial charge on any atom is 0.311 e. The zero-order valence-corrected chi connectivity index (χ0v) is 14.2. The summed E-state index contributed by atoms with van der Waals surface area (Å²) in [5.41, 5.74) is 1.47. The van der Waals surface area contributed by atoms with Gasteiger partial charge in [-0.15, -0.1) is 0 Å². The number of rotatable bonds is 7. The van der Waals surface area contributed by atoms with Crippen molar-refractivity contribution in [3.05, 3.63) is 54.1 Å². The predicted molar refractivity (Wildman–Crippen MR) is 93.3 cm³/mol. The van der Waals surface area contributed by atoms with Gasteiger partial charge in [0.15, 0.2) is 0 Å². The highest BCUT2D eigenvalue weighted by atomic mass is 16.5. The molecule has 5 heteroatoms. The summed E-state index contributed by atoms with van der Waals surface area (Å²) in [6, 6.07) is 14.1. The average molecular weight is 329 g/mol. The van der Waals surface area contributed by atoms with Crippen molar-refractivity contribution in [1.29, 1.82) is 0 Å². The Balaban J connectivity index is 2.32. The Morgan fingerprint density at radius 2 is 1.83 bits per heavy atom. The first-order valence-corrected chi connectivity index (χ1v) is 7.92. The summed E-state index contributed by atoms with van der Waals surface area (Å²) in [5, 5.41) is 13.3. The summed E-state index contributed by atoms with van der Waals surface area (Å²) in [5.74, 6) is 0.148. The van der Waals surface area contributed by atoms with E-state index >= 15 is 0 Å². The van der Waals surface area contributed by atoms with Gasteiger partial charge < -0.3 is 19.9 Å². The van der Waals surface area contributed by atoms with E-state index in [1.54, 1.807) is 39.2 Å². The normalized spacial score (nSPS) is 13.0. The molecule has 0 aliphatic carbocycles. The monoisotopic (exact) mass is 329 g/mol. The minimum Gasteiger partial charge on any atom is -0.506 e. The summed E-state index contributed by atoms with van der Waals surface area (Å²) < 4.78 is 10.3. The van der Waals surface area contributed by atoms with Crippen molar-refractivity contribution in [3.63, 3.8) is 0 Å². The van der Waals surface area contributed by atoms with Gasteiger partial charge in [-0.05, 0) is 43.7 Å². The van der Waals surface area contributed by atoms with Crippen molar-refractivity contribution in [2.75, 3.05) is 19.0 Å². The van der Waals surface area contributed by atoms with Crippen LogP contribution in [0.25, 0.3) is 0 Å². The molecule has 0 heterocycles. The quantitative estimate of drug-likeness (QED) is 0.598. The van der Waals surface area contributed by atoms with Gasteiger partial charge in [0.25, 0.3) is 0 Å². The van der Waals surface area contributed by atoms with Gasteiger partial charge >= 0.3 is 5.97 Å². The van der Waals surface area contributed by atoms with Crippen molar-refractivity contribution in [3.8, 4) is 11.5 Å². The number of phenols is 1. The Labute approximate surface area is 142 Å². The van der Waals surface area contributed by atoms with Gasteiger partial charge in [0.05, 0.1) is 31.4 Å². The lowest BCUT2D eigenvalue weighted by Gasteiger charge is -2.26. The molecule has 128 valence electrons. The largest absolute Gasteiger partial charge is 0.506 e. The zero-order chi connectivity index (χ0) is 17.5. The Morgan fingerprint density at radius 3 is 2.42 bits per heavy atom. The smallest absolute Gasteiger partial charge is 0.311 e. The van der Waals surface area contributed by atoms with Crippen LogP contribution in [-0.4, -0.2) is 24.8 Å². The number of esters is 1. The molecule has 24 heavy (non-hydrogen) atoms. The van der Waals surface area contributed by atoms with Gasteiger partial charge in [0.1, 0.15) is 11.5 Å². The number of hydrogen-bond acceptors (Lipinski definition) is 5. The molecule has 2 aromatic carbocycles. The number of carbonyl (C=O) groups excluding carboxylic acids is 1. The van der Waals surface area contributed by atoms with E-state index in [1.165, 1.54) is 0 Å². The van der Waals surface area contributed by atoms with E-state index in [0.717, 1.165) is 11.3 Å². The van der Waals surface area contributed by atoms with Gasteiger partial charge in [0, 0.05) is 0 Å². The standard InChI is InChI=1S/C19H23NO4/c1-4-24-19(22)13(2)18(14-9-11-15(23-3)12-10-14)20-16-7-5-6-8-17(16)21/h5-13,18,20-21H,4H2,1-3H3/t13-,18-/m1/s1. The molecule has 0 fully saturated rings. The van der Waals surface area contributed by atoms with Gasteiger partial charge in [-0.1, -0.05) is 24.3 Å². The lowest BCUT2D eigenvalue weighted by Crippen LogP contribution is -2.27. The van der Waals surface area contributed by atoms with Crippen LogP contribution in [-0.2, 0) is 9.53 Å². The molecule has 0 aliphatic heterocycles. The van der Waals surface area contributed by atoms with Gasteiger partial charge in [0.2, 0.25) is 0 Å². The molecular weight excluding hydrogens is 306 g/mol. The molecule has 0 radical (unpaired) electrons. The van der Waals surface area contributed by atoms with Gasteiger partial charge in [-0.2, -0.15) is 0 Å². The van der Waals surface area contributed by atoms with Crippen molar-refractivity contribution < 1.29 is 19.4 Å². The van der Waals surface area contributed by atoms with Crippen molar-refractivity contribution in [2.24, 2.45) is 5.92 Å². The summed E-state index contributed by atoms with van der Waals surface area (Å²) in [4.78, 5) is 12.2. The molecule has 0 saturated carbocycles. The van der Waals surface area contributed by atoms with Crippen LogP contribution in [0.5, 0.6) is 11.5 Å². The first kappa shape index (κ1) is 17.7. The number of aromatic hydroxyl groups is 1. The Hall–Kier alpha value is -2.69. The fourth-order valence-corrected chi connectivity index (χ4v) is 2.48. The van der Waals surface area contributed by atoms with Crippen molar-refractivity contribution in [1.82, 2.24) is 0 Å². The fourth-order valence-electron chi connectivity index (χ4n) is 2.48. The summed E-state index contributed by atoms with van der Waals surface area (Å²) in [6.45, 7) is 3.92. The number of phenolic OH excluding ortho intramolecular Hbond substituents is 1. The maximum atomic E-state index is 12.2. The SMILES string of the molecule is CCOC(=O)[C@H](C)[C@@H](Nc1ccccc1O)c1ccc(OC)cc1. The minimum absolute atomic E-state index is 0.132. The highest BCUT2D eigenvalue weighted by molar-refractivity contribution is 5.74. The number of carbonyl (C=O) groups is 1. The van der Waals surface area contributed by atoms with E-state index in [1.807, 2.05) is 30.3 Å². The molecule has 0 bridgehead atoms. The minimum atomic E-state index is -0.432. The van der Waals surface area contributed by atoms with Gasteiger partial charge in [-0.3, -0.25) is 4.79 Å². The third-order valence-electron chi connectivity index (χ3n) is 3.85. The van der Waals surface area contributed by atoms with Crippen LogP contribution in [0.4, 0.5) is 5.69 Å². The molecule has 0 aromatic heterocycles. The molecule has 0 aliphatic rings. The second-order valence-electron chi connectivity index (χ2n) is 5.45. The van der Waals surface area contributed by atoms with Crippen LogP contribution in [0, 0.1) is 5.92 Å². The molecule has 0 spiro atoms. The van der Waals surface area contributed by atoms with Crippen LogP contribution in [0.3, 0.4) is 0 Å². The first-order chi connectivity index (χ1) is 11.6. The Bertz CT molecular complexity index is 669. The molecule has 2 rings (SSSR count). The molecule has 5 nitrogen and oxygen atoms in total. The molecule has 2 N–H and O–H groups in total. The first-order valence-electron chi connectivity index (χ1n) is 7.92. The third-order valence-corrected chi connectivity index (χ3v) is 3.85. The number of ether oxygens (including phenoxy) is 2. The second kappa shape index (κ2) is 8.24. The molecular formula is C19H23NO4. The average Bonchev–Trinajstić information content (AvgIpc) is 2.61. The second-order valence-corrected chi connectivity index (χ2v) is 5.45. The number of anilines is 1.